The molecule has 0 saturated carbocycles. The number of nitrogens with two attached hydrogens (primary N) is 1. The van der Waals surface area contributed by atoms with E-state index in [-0.39, 0.29) is 25.1 Å². The Balaban J connectivity index is 1.93. The molecule has 0 bridgehead atoms. The van der Waals surface area contributed by atoms with Gasteiger partial charge in [0.15, 0.2) is 0 Å². The maximum atomic E-state index is 13.3. The number of amides is 1. The molecule has 1 unspecified atom stereocenters. The monoisotopic (exact) mass is 554 g/mol. The summed E-state index contributed by atoms with van der Waals surface area (Å²) in [6.07, 6.45) is 0.416. The van der Waals surface area contributed by atoms with Crippen LogP contribution >= 0.6 is 31.9 Å². The third kappa shape index (κ3) is 4.58. The number of rotatable bonds is 5. The number of halogens is 2. The van der Waals surface area contributed by atoms with E-state index in [0.29, 0.717) is 14.7 Å². The van der Waals surface area contributed by atoms with E-state index < -0.39 is 24.0 Å². The normalized spacial score (nSPS) is 16.6. The van der Waals surface area contributed by atoms with Crippen LogP contribution in [0.3, 0.4) is 0 Å². The van der Waals surface area contributed by atoms with E-state index in [1.165, 1.54) is 4.90 Å². The fourth-order valence-corrected chi connectivity index (χ4v) is 5.75. The Bertz CT molecular complexity index is 1030. The highest BCUT2D eigenvalue weighted by atomic mass is 79.9. The first-order valence-corrected chi connectivity index (χ1v) is 11.2. The van der Waals surface area contributed by atoms with Gasteiger partial charge in [-0.2, -0.15) is 0 Å². The number of aryl methyl sites for hydroxylation is 2. The fraction of sp³-hybridized carbons (Fsp3) is 0.364. The molecular formula is C22H24Br2N2O5. The molecule has 0 fully saturated rings. The first-order valence-electron chi connectivity index (χ1n) is 9.66. The van der Waals surface area contributed by atoms with Gasteiger partial charge >= 0.3 is 5.97 Å². The zero-order valence-electron chi connectivity index (χ0n) is 17.4. The number of fused-ring (bicyclic) bond motifs is 1. The number of carbonyl (C=O) groups excluding carboxylic acids is 1. The van der Waals surface area contributed by atoms with Crippen molar-refractivity contribution in [2.45, 2.75) is 45.3 Å². The highest BCUT2D eigenvalue weighted by Gasteiger charge is 2.38. The van der Waals surface area contributed by atoms with Gasteiger partial charge in [0, 0.05) is 13.0 Å². The molecular weight excluding hydrogens is 532 g/mol. The number of phenolic OH excluding ortho intramolecular Hbond substituents is 1. The van der Waals surface area contributed by atoms with Crippen molar-refractivity contribution in [3.05, 3.63) is 55.0 Å². The number of hydrogen-bond donors (Lipinski definition) is 3. The molecule has 3 rings (SSSR count). The molecule has 2 aromatic rings. The van der Waals surface area contributed by atoms with E-state index in [1.807, 2.05) is 19.9 Å². The molecule has 31 heavy (non-hydrogen) atoms. The van der Waals surface area contributed by atoms with Gasteiger partial charge in [0.05, 0.1) is 22.1 Å². The van der Waals surface area contributed by atoms with Gasteiger partial charge in [-0.25, -0.2) is 4.79 Å². The molecule has 1 aliphatic heterocycles. The van der Waals surface area contributed by atoms with Crippen molar-refractivity contribution in [1.29, 1.82) is 0 Å². The first kappa shape index (κ1) is 23.6. The van der Waals surface area contributed by atoms with Crippen LogP contribution in [-0.2, 0) is 29.0 Å². The Kier molecular flexibility index (Phi) is 6.98. The van der Waals surface area contributed by atoms with E-state index in [4.69, 9.17) is 10.5 Å². The molecule has 1 aliphatic rings. The standard InChI is InChI=1S/C22H24Br2N2O5/c1-10-4-13(27)5-11(2)14(10)8-17(25)21(28)26-9-15-12(7-18(26)22(29)30)6-16(23)20(31-3)19(15)24/h4-6,17-18,27H,7-9,25H2,1-3H3,(H,29,30)/t17?,18-/m0/s1. The van der Waals surface area contributed by atoms with Crippen LogP contribution in [0.5, 0.6) is 11.5 Å². The summed E-state index contributed by atoms with van der Waals surface area (Å²) < 4.78 is 6.80. The molecule has 0 aromatic heterocycles. The zero-order chi connectivity index (χ0) is 23.0. The maximum absolute atomic E-state index is 13.3. The van der Waals surface area contributed by atoms with E-state index in [9.17, 15) is 19.8 Å². The van der Waals surface area contributed by atoms with Gasteiger partial charge < -0.3 is 25.6 Å². The molecule has 166 valence electrons. The molecule has 9 heteroatoms. The third-order valence-corrected chi connectivity index (χ3v) is 7.11. The van der Waals surface area contributed by atoms with Crippen molar-refractivity contribution in [2.24, 2.45) is 5.73 Å². The lowest BCUT2D eigenvalue weighted by molar-refractivity contribution is -0.152. The average molecular weight is 556 g/mol. The minimum atomic E-state index is -1.08. The number of carboxylic acids is 1. The largest absolute Gasteiger partial charge is 0.508 e. The van der Waals surface area contributed by atoms with Crippen molar-refractivity contribution in [3.8, 4) is 11.5 Å². The Morgan fingerprint density at radius 3 is 2.42 bits per heavy atom. The van der Waals surface area contributed by atoms with Gasteiger partial charge in [-0.1, -0.05) is 0 Å². The lowest BCUT2D eigenvalue weighted by atomic mass is 9.91. The van der Waals surface area contributed by atoms with Crippen molar-refractivity contribution in [2.75, 3.05) is 7.11 Å². The topological polar surface area (TPSA) is 113 Å². The van der Waals surface area contributed by atoms with E-state index in [0.717, 1.165) is 27.8 Å². The molecule has 0 spiro atoms. The first-order chi connectivity index (χ1) is 14.5. The molecule has 1 heterocycles. The number of nitrogens with zero attached hydrogens (tertiary/aromatic N) is 1. The minimum absolute atomic E-state index is 0.108. The van der Waals surface area contributed by atoms with Gasteiger partial charge in [0.25, 0.3) is 0 Å². The van der Waals surface area contributed by atoms with Crippen LogP contribution in [0.25, 0.3) is 0 Å². The highest BCUT2D eigenvalue weighted by Crippen LogP contribution is 2.41. The summed E-state index contributed by atoms with van der Waals surface area (Å²) >= 11 is 6.98. The second kappa shape index (κ2) is 9.18. The van der Waals surface area contributed by atoms with Crippen LogP contribution < -0.4 is 10.5 Å². The Morgan fingerprint density at radius 2 is 1.87 bits per heavy atom. The number of aromatic hydroxyl groups is 1. The van der Waals surface area contributed by atoms with Gasteiger partial charge in [-0.15, -0.1) is 0 Å². The maximum Gasteiger partial charge on any atom is 0.326 e. The fourth-order valence-electron chi connectivity index (χ4n) is 4.09. The zero-order valence-corrected chi connectivity index (χ0v) is 20.6. The number of hydrogen-bond acceptors (Lipinski definition) is 5. The van der Waals surface area contributed by atoms with E-state index in [2.05, 4.69) is 31.9 Å². The van der Waals surface area contributed by atoms with Gasteiger partial charge in [0.2, 0.25) is 5.91 Å². The number of ether oxygens (including phenoxy) is 1. The summed E-state index contributed by atoms with van der Waals surface area (Å²) in [5, 5.41) is 19.6. The quantitative estimate of drug-likeness (QED) is 0.521. The smallest absolute Gasteiger partial charge is 0.326 e. The molecule has 2 atom stereocenters. The lowest BCUT2D eigenvalue weighted by Crippen LogP contribution is -2.54. The molecule has 7 nitrogen and oxygen atoms in total. The summed E-state index contributed by atoms with van der Waals surface area (Å²) in [4.78, 5) is 26.6. The number of carboxylic acid groups (broad SMARTS) is 1. The summed E-state index contributed by atoms with van der Waals surface area (Å²) in [5.74, 6) is -0.772. The molecule has 4 N–H and O–H groups in total. The third-order valence-electron chi connectivity index (χ3n) is 5.68. The van der Waals surface area contributed by atoms with Crippen LogP contribution in [-0.4, -0.2) is 46.2 Å². The minimum Gasteiger partial charge on any atom is -0.508 e. The van der Waals surface area contributed by atoms with Crippen molar-refractivity contribution >= 4 is 43.7 Å². The summed E-state index contributed by atoms with van der Waals surface area (Å²) in [6, 6.07) is 3.15. The number of aliphatic carboxylic acids is 1. The molecule has 2 aromatic carbocycles. The second-order valence-electron chi connectivity index (χ2n) is 7.74. The molecule has 1 amide bonds. The number of phenols is 1. The van der Waals surface area contributed by atoms with E-state index >= 15 is 0 Å². The molecule has 0 aliphatic carbocycles. The van der Waals surface area contributed by atoms with Gasteiger partial charge in [0.1, 0.15) is 17.5 Å². The predicted octanol–water partition coefficient (Wildman–Crippen LogP) is 3.45. The SMILES string of the molecule is COc1c(Br)cc2c(c1Br)CN(C(=O)C(N)Cc1c(C)cc(O)cc1C)[C@H](C(=O)O)C2. The number of methoxy groups -OCH3 is 1. The van der Waals surface area contributed by atoms with Crippen LogP contribution in [0.4, 0.5) is 0 Å². The Hall–Kier alpha value is -2.10. The van der Waals surface area contributed by atoms with Crippen LogP contribution in [0.2, 0.25) is 0 Å². The number of benzene rings is 2. The summed E-state index contributed by atoms with van der Waals surface area (Å²) in [6.45, 7) is 3.80. The van der Waals surface area contributed by atoms with Crippen LogP contribution in [0, 0.1) is 13.8 Å². The van der Waals surface area contributed by atoms with E-state index in [1.54, 1.807) is 19.2 Å². The molecule has 0 saturated heterocycles. The van der Waals surface area contributed by atoms with Crippen molar-refractivity contribution in [3.63, 3.8) is 0 Å². The van der Waals surface area contributed by atoms with Crippen LogP contribution in [0.15, 0.2) is 27.1 Å². The Labute approximate surface area is 197 Å². The van der Waals surface area contributed by atoms with Gasteiger partial charge in [-0.05, 0) is 98.1 Å². The van der Waals surface area contributed by atoms with Gasteiger partial charge in [-0.3, -0.25) is 4.79 Å². The average Bonchev–Trinajstić information content (AvgIpc) is 2.69. The lowest BCUT2D eigenvalue weighted by Gasteiger charge is -2.37. The van der Waals surface area contributed by atoms with Crippen molar-refractivity contribution in [1.82, 2.24) is 4.90 Å². The summed E-state index contributed by atoms with van der Waals surface area (Å²) in [5.41, 5.74) is 10.4. The van der Waals surface area contributed by atoms with Crippen molar-refractivity contribution < 1.29 is 24.5 Å². The molecule has 0 radical (unpaired) electrons. The van der Waals surface area contributed by atoms with Crippen LogP contribution in [0.1, 0.15) is 27.8 Å². The summed E-state index contributed by atoms with van der Waals surface area (Å²) in [7, 11) is 1.54. The Morgan fingerprint density at radius 1 is 1.26 bits per heavy atom. The second-order valence-corrected chi connectivity index (χ2v) is 9.38. The highest BCUT2D eigenvalue weighted by molar-refractivity contribution is 9.11. The predicted molar refractivity (Wildman–Crippen MR) is 123 cm³/mol. The number of carbonyl (C=O) groups is 2.